The van der Waals surface area contributed by atoms with Crippen molar-refractivity contribution in [2.45, 2.75) is 0 Å². The van der Waals surface area contributed by atoms with Gasteiger partial charge in [-0.3, -0.25) is 0 Å². The molecule has 0 aliphatic carbocycles. The van der Waals surface area contributed by atoms with E-state index in [-0.39, 0.29) is 28.6 Å². The summed E-state index contributed by atoms with van der Waals surface area (Å²) in [6.45, 7) is 0.0372. The number of nitrogens with zero attached hydrogens (tertiary/aromatic N) is 1. The number of urea groups is 1. The Morgan fingerprint density at radius 3 is 2.48 bits per heavy atom. The molecule has 9 heteroatoms. The Bertz CT molecular complexity index is 660. The first-order valence-electron chi connectivity index (χ1n) is 5.83. The quantitative estimate of drug-likeness (QED) is 0.850. The summed E-state index contributed by atoms with van der Waals surface area (Å²) < 4.78 is 22.1. The Balaban J connectivity index is 2.72. The number of benzene rings is 1. The number of hydrogen-bond donors (Lipinski definition) is 2. The number of carboxylic acids is 1. The van der Waals surface area contributed by atoms with E-state index in [4.69, 9.17) is 16.7 Å². The summed E-state index contributed by atoms with van der Waals surface area (Å²) in [5, 5.41) is 11.4. The maximum absolute atomic E-state index is 11.8. The van der Waals surface area contributed by atoms with Crippen LogP contribution in [0.4, 0.5) is 10.5 Å². The van der Waals surface area contributed by atoms with Crippen molar-refractivity contribution in [3.05, 3.63) is 28.8 Å². The number of rotatable bonds is 5. The number of carboxylic acid groups (broad SMARTS) is 1. The van der Waals surface area contributed by atoms with Crippen LogP contribution in [0.5, 0.6) is 0 Å². The van der Waals surface area contributed by atoms with Gasteiger partial charge in [0.15, 0.2) is 0 Å². The van der Waals surface area contributed by atoms with Crippen LogP contribution in [0.2, 0.25) is 5.02 Å². The van der Waals surface area contributed by atoms with Crippen molar-refractivity contribution >= 4 is 39.1 Å². The predicted molar refractivity (Wildman–Crippen MR) is 79.8 cm³/mol. The summed E-state index contributed by atoms with van der Waals surface area (Å²) in [6, 6.07) is 3.35. The van der Waals surface area contributed by atoms with Crippen molar-refractivity contribution in [1.29, 1.82) is 0 Å². The Morgan fingerprint density at radius 2 is 2.00 bits per heavy atom. The standard InChI is InChI=1S/C12H15ClN2O5S/c1-15(5-6-21(2,19)20)12(18)14-10-4-3-8(11(16)17)7-9(10)13/h3-4,7H,5-6H2,1-2H3,(H,14,18)(H,16,17). The highest BCUT2D eigenvalue weighted by Crippen LogP contribution is 2.23. The van der Waals surface area contributed by atoms with Gasteiger partial charge in [0.1, 0.15) is 9.84 Å². The van der Waals surface area contributed by atoms with Crippen molar-refractivity contribution in [3.63, 3.8) is 0 Å². The zero-order valence-electron chi connectivity index (χ0n) is 11.5. The lowest BCUT2D eigenvalue weighted by atomic mass is 10.2. The van der Waals surface area contributed by atoms with Gasteiger partial charge in [-0.2, -0.15) is 0 Å². The van der Waals surface area contributed by atoms with Crippen molar-refractivity contribution in [3.8, 4) is 0 Å². The third-order valence-electron chi connectivity index (χ3n) is 2.60. The average molecular weight is 335 g/mol. The highest BCUT2D eigenvalue weighted by molar-refractivity contribution is 7.90. The number of carbonyl (C=O) groups excluding carboxylic acids is 1. The topological polar surface area (TPSA) is 104 Å². The molecule has 1 aromatic carbocycles. The maximum atomic E-state index is 11.8. The molecule has 21 heavy (non-hydrogen) atoms. The summed E-state index contributed by atoms with van der Waals surface area (Å²) in [5.41, 5.74) is 0.251. The van der Waals surface area contributed by atoms with E-state index in [9.17, 15) is 18.0 Å². The summed E-state index contributed by atoms with van der Waals surface area (Å²) in [5.74, 6) is -1.28. The molecule has 0 saturated carbocycles. The maximum Gasteiger partial charge on any atom is 0.335 e. The van der Waals surface area contributed by atoms with Crippen LogP contribution in [0, 0.1) is 0 Å². The van der Waals surface area contributed by atoms with Gasteiger partial charge in [0.05, 0.1) is 22.0 Å². The van der Waals surface area contributed by atoms with Gasteiger partial charge in [0, 0.05) is 19.8 Å². The molecular weight excluding hydrogens is 320 g/mol. The van der Waals surface area contributed by atoms with E-state index in [0.717, 1.165) is 6.26 Å². The fourth-order valence-corrected chi connectivity index (χ4v) is 2.20. The molecule has 0 aromatic heterocycles. The number of halogens is 1. The van der Waals surface area contributed by atoms with Gasteiger partial charge in [-0.15, -0.1) is 0 Å². The summed E-state index contributed by atoms with van der Waals surface area (Å²) in [7, 11) is -1.72. The van der Waals surface area contributed by atoms with Crippen molar-refractivity contribution in [2.24, 2.45) is 0 Å². The van der Waals surface area contributed by atoms with Crippen molar-refractivity contribution in [2.75, 3.05) is 30.9 Å². The molecule has 1 rings (SSSR count). The fraction of sp³-hybridized carbons (Fsp3) is 0.333. The molecule has 7 nitrogen and oxygen atoms in total. The molecule has 0 aliphatic heterocycles. The van der Waals surface area contributed by atoms with Gasteiger partial charge in [-0.05, 0) is 18.2 Å². The Morgan fingerprint density at radius 1 is 1.38 bits per heavy atom. The number of anilines is 1. The number of hydrogen-bond acceptors (Lipinski definition) is 4. The second kappa shape index (κ2) is 6.77. The van der Waals surface area contributed by atoms with Gasteiger partial charge in [-0.25, -0.2) is 18.0 Å². The van der Waals surface area contributed by atoms with E-state index < -0.39 is 21.8 Å². The summed E-state index contributed by atoms with van der Waals surface area (Å²) in [6.07, 6.45) is 1.08. The van der Waals surface area contributed by atoms with Crippen LogP contribution in [-0.2, 0) is 9.84 Å². The van der Waals surface area contributed by atoms with Gasteiger partial charge in [0.2, 0.25) is 0 Å². The van der Waals surface area contributed by atoms with Gasteiger partial charge < -0.3 is 15.3 Å². The molecule has 1 aromatic rings. The number of amides is 2. The highest BCUT2D eigenvalue weighted by Gasteiger charge is 2.14. The average Bonchev–Trinajstić information content (AvgIpc) is 2.37. The predicted octanol–water partition coefficient (Wildman–Crippen LogP) is 1.55. The molecule has 0 radical (unpaired) electrons. The lowest BCUT2D eigenvalue weighted by Gasteiger charge is -2.18. The second-order valence-corrected chi connectivity index (χ2v) is 7.15. The Hall–Kier alpha value is -1.80. The minimum absolute atomic E-state index is 0.00318. The number of sulfone groups is 1. The van der Waals surface area contributed by atoms with Crippen LogP contribution >= 0.6 is 11.6 Å². The molecule has 2 amide bonds. The first-order chi connectivity index (χ1) is 9.60. The van der Waals surface area contributed by atoms with Crippen LogP contribution in [0.1, 0.15) is 10.4 Å². The molecule has 0 aliphatic rings. The Labute approximate surface area is 127 Å². The minimum atomic E-state index is -3.16. The fourth-order valence-electron chi connectivity index (χ4n) is 1.36. The third-order valence-corrected chi connectivity index (χ3v) is 3.84. The molecule has 0 saturated heterocycles. The first kappa shape index (κ1) is 17.3. The molecule has 0 fully saturated rings. The van der Waals surface area contributed by atoms with Crippen LogP contribution < -0.4 is 5.32 Å². The van der Waals surface area contributed by atoms with Gasteiger partial charge in [0.25, 0.3) is 0 Å². The lowest BCUT2D eigenvalue weighted by Crippen LogP contribution is -2.35. The van der Waals surface area contributed by atoms with Crippen LogP contribution in [-0.4, -0.2) is 56.0 Å². The van der Waals surface area contributed by atoms with Crippen LogP contribution in [0.25, 0.3) is 0 Å². The van der Waals surface area contributed by atoms with Crippen molar-refractivity contribution in [1.82, 2.24) is 4.90 Å². The van der Waals surface area contributed by atoms with Crippen LogP contribution in [0.15, 0.2) is 18.2 Å². The smallest absolute Gasteiger partial charge is 0.335 e. The molecule has 0 unspecified atom stereocenters. The van der Waals surface area contributed by atoms with E-state index >= 15 is 0 Å². The third kappa shape index (κ3) is 5.60. The molecule has 0 atom stereocenters. The molecule has 0 heterocycles. The second-order valence-electron chi connectivity index (χ2n) is 4.48. The molecule has 0 spiro atoms. The van der Waals surface area contributed by atoms with E-state index in [1.165, 1.54) is 30.1 Å². The van der Waals surface area contributed by atoms with Gasteiger partial charge >= 0.3 is 12.0 Å². The van der Waals surface area contributed by atoms with Gasteiger partial charge in [-0.1, -0.05) is 11.6 Å². The zero-order valence-corrected chi connectivity index (χ0v) is 13.0. The normalized spacial score (nSPS) is 11.0. The van der Waals surface area contributed by atoms with Crippen molar-refractivity contribution < 1.29 is 23.1 Å². The summed E-state index contributed by atoms with van der Waals surface area (Å²) >= 11 is 5.88. The number of aromatic carboxylic acids is 1. The van der Waals surface area contributed by atoms with E-state index in [1.54, 1.807) is 0 Å². The SMILES string of the molecule is CN(CCS(C)(=O)=O)C(=O)Nc1ccc(C(=O)O)cc1Cl. The monoisotopic (exact) mass is 334 g/mol. The van der Waals surface area contributed by atoms with E-state index in [1.807, 2.05) is 0 Å². The first-order valence-corrected chi connectivity index (χ1v) is 8.26. The number of nitrogens with one attached hydrogen (secondary N) is 1. The Kier molecular flexibility index (Phi) is 5.56. The van der Waals surface area contributed by atoms with Crippen LogP contribution in [0.3, 0.4) is 0 Å². The number of carbonyl (C=O) groups is 2. The van der Waals surface area contributed by atoms with E-state index in [0.29, 0.717) is 0 Å². The molecule has 2 N–H and O–H groups in total. The zero-order chi connectivity index (χ0) is 16.2. The summed E-state index contributed by atoms with van der Waals surface area (Å²) in [4.78, 5) is 23.8. The molecular formula is C12H15ClN2O5S. The molecule has 116 valence electrons. The lowest BCUT2D eigenvalue weighted by molar-refractivity contribution is 0.0697. The highest BCUT2D eigenvalue weighted by atomic mass is 35.5. The van der Waals surface area contributed by atoms with E-state index in [2.05, 4.69) is 5.32 Å². The minimum Gasteiger partial charge on any atom is -0.478 e. The molecule has 0 bridgehead atoms. The largest absolute Gasteiger partial charge is 0.478 e.